The van der Waals surface area contributed by atoms with E-state index in [1.165, 1.54) is 0 Å². The monoisotopic (exact) mass is 455 g/mol. The van der Waals surface area contributed by atoms with Gasteiger partial charge in [-0.15, -0.1) is 0 Å². The van der Waals surface area contributed by atoms with E-state index in [4.69, 9.17) is 18.9 Å². The first kappa shape index (κ1) is 22.9. The fraction of sp³-hybridized carbons (Fsp3) is 0.417. The lowest BCUT2D eigenvalue weighted by Gasteiger charge is -2.34. The Morgan fingerprint density at radius 2 is 1.73 bits per heavy atom. The number of methoxy groups -OCH3 is 1. The van der Waals surface area contributed by atoms with Crippen molar-refractivity contribution in [2.75, 3.05) is 53.3 Å². The molecule has 9 nitrogen and oxygen atoms in total. The van der Waals surface area contributed by atoms with Crippen molar-refractivity contribution in [1.29, 1.82) is 0 Å². The second kappa shape index (κ2) is 11.0. The number of hydrogen-bond acceptors (Lipinski definition) is 7. The van der Waals surface area contributed by atoms with Crippen molar-refractivity contribution in [3.63, 3.8) is 0 Å². The van der Waals surface area contributed by atoms with E-state index in [2.05, 4.69) is 15.5 Å². The zero-order valence-electron chi connectivity index (χ0n) is 18.7. The Kier molecular flexibility index (Phi) is 7.64. The van der Waals surface area contributed by atoms with Crippen molar-refractivity contribution in [3.8, 4) is 17.2 Å². The normalized spacial score (nSPS) is 16.2. The van der Waals surface area contributed by atoms with Gasteiger partial charge in [0, 0.05) is 26.2 Å². The molecule has 2 aliphatic heterocycles. The molecule has 0 aromatic heterocycles. The van der Waals surface area contributed by atoms with Crippen molar-refractivity contribution >= 4 is 11.8 Å². The predicted molar refractivity (Wildman–Crippen MR) is 120 cm³/mol. The standard InChI is InChI=1S/C24H29N3O6/c1-30-19-5-2-17(3-6-19)8-9-25-23(28)24(29)26-15-20(27-10-12-31-13-11-27)18-4-7-21-22(14-18)33-16-32-21/h2-7,14,20H,8-13,15-16H2,1H3,(H,25,28)(H,26,29)/t20-/m1/s1. The second-order valence-electron chi connectivity index (χ2n) is 7.84. The summed E-state index contributed by atoms with van der Waals surface area (Å²) >= 11 is 0. The number of carbonyl (C=O) groups is 2. The van der Waals surface area contributed by atoms with E-state index >= 15 is 0 Å². The van der Waals surface area contributed by atoms with Crippen LogP contribution in [0.2, 0.25) is 0 Å². The first-order valence-electron chi connectivity index (χ1n) is 11.0. The van der Waals surface area contributed by atoms with E-state index in [1.807, 2.05) is 42.5 Å². The fourth-order valence-electron chi connectivity index (χ4n) is 3.93. The Hall–Kier alpha value is -3.30. The molecule has 2 aromatic carbocycles. The van der Waals surface area contributed by atoms with Crippen LogP contribution in [-0.4, -0.2) is 70.0 Å². The van der Waals surface area contributed by atoms with Gasteiger partial charge in [0.15, 0.2) is 11.5 Å². The van der Waals surface area contributed by atoms with E-state index < -0.39 is 11.8 Å². The number of amides is 2. The van der Waals surface area contributed by atoms with Crippen molar-refractivity contribution in [2.45, 2.75) is 12.5 Å². The number of rotatable bonds is 8. The largest absolute Gasteiger partial charge is 0.497 e. The Morgan fingerprint density at radius 3 is 2.48 bits per heavy atom. The third-order valence-corrected chi connectivity index (χ3v) is 5.79. The smallest absolute Gasteiger partial charge is 0.309 e. The highest BCUT2D eigenvalue weighted by molar-refractivity contribution is 6.35. The molecule has 0 aliphatic carbocycles. The van der Waals surface area contributed by atoms with Gasteiger partial charge in [-0.1, -0.05) is 18.2 Å². The van der Waals surface area contributed by atoms with Crippen molar-refractivity contribution in [3.05, 3.63) is 53.6 Å². The van der Waals surface area contributed by atoms with Crippen LogP contribution in [0.1, 0.15) is 17.2 Å². The third-order valence-electron chi connectivity index (χ3n) is 5.79. The minimum absolute atomic E-state index is 0.112. The molecule has 0 saturated carbocycles. The SMILES string of the molecule is COc1ccc(CCNC(=O)C(=O)NC[C@H](c2ccc3c(c2)OCO3)N2CCOCC2)cc1. The molecule has 2 amide bonds. The lowest BCUT2D eigenvalue weighted by atomic mass is 10.0. The summed E-state index contributed by atoms with van der Waals surface area (Å²) in [6, 6.07) is 13.3. The molecule has 176 valence electrons. The average Bonchev–Trinajstić information content (AvgIpc) is 3.33. The van der Waals surface area contributed by atoms with Gasteiger partial charge < -0.3 is 29.6 Å². The van der Waals surface area contributed by atoms with Gasteiger partial charge in [0.2, 0.25) is 6.79 Å². The molecule has 1 saturated heterocycles. The molecule has 2 aromatic rings. The van der Waals surface area contributed by atoms with Crippen LogP contribution in [0.4, 0.5) is 0 Å². The first-order chi connectivity index (χ1) is 16.1. The molecule has 2 aliphatic rings. The van der Waals surface area contributed by atoms with E-state index in [-0.39, 0.29) is 12.8 Å². The Balaban J connectivity index is 1.31. The minimum Gasteiger partial charge on any atom is -0.497 e. The van der Waals surface area contributed by atoms with Gasteiger partial charge in [-0.3, -0.25) is 14.5 Å². The second-order valence-corrected chi connectivity index (χ2v) is 7.84. The summed E-state index contributed by atoms with van der Waals surface area (Å²) in [7, 11) is 1.62. The number of fused-ring (bicyclic) bond motifs is 1. The molecule has 1 atom stereocenters. The molecule has 9 heteroatoms. The van der Waals surface area contributed by atoms with Crippen molar-refractivity contribution in [1.82, 2.24) is 15.5 Å². The lowest BCUT2D eigenvalue weighted by molar-refractivity contribution is -0.139. The summed E-state index contributed by atoms with van der Waals surface area (Å²) in [4.78, 5) is 27.0. The number of ether oxygens (including phenoxy) is 4. The molecule has 33 heavy (non-hydrogen) atoms. The van der Waals surface area contributed by atoms with E-state index in [0.29, 0.717) is 44.2 Å². The highest BCUT2D eigenvalue weighted by Gasteiger charge is 2.26. The van der Waals surface area contributed by atoms with Crippen LogP contribution < -0.4 is 24.8 Å². The quantitative estimate of drug-likeness (QED) is 0.579. The van der Waals surface area contributed by atoms with Crippen molar-refractivity contribution in [2.24, 2.45) is 0 Å². The molecule has 1 fully saturated rings. The summed E-state index contributed by atoms with van der Waals surface area (Å²) in [6.45, 7) is 3.60. The van der Waals surface area contributed by atoms with Crippen LogP contribution in [0, 0.1) is 0 Å². The fourth-order valence-corrected chi connectivity index (χ4v) is 3.93. The number of nitrogens with zero attached hydrogens (tertiary/aromatic N) is 1. The van der Waals surface area contributed by atoms with Crippen LogP contribution in [0.5, 0.6) is 17.2 Å². The number of benzene rings is 2. The number of nitrogens with one attached hydrogen (secondary N) is 2. The molecule has 2 N–H and O–H groups in total. The maximum atomic E-state index is 12.4. The number of carbonyl (C=O) groups excluding carboxylic acids is 2. The molecule has 0 radical (unpaired) electrons. The van der Waals surface area contributed by atoms with E-state index in [1.54, 1.807) is 7.11 Å². The summed E-state index contributed by atoms with van der Waals surface area (Å²) in [5.41, 5.74) is 2.04. The maximum Gasteiger partial charge on any atom is 0.309 e. The van der Waals surface area contributed by atoms with Gasteiger partial charge in [-0.25, -0.2) is 0 Å². The summed E-state index contributed by atoms with van der Waals surface area (Å²) in [5.74, 6) is 0.881. The van der Waals surface area contributed by atoms with Crippen LogP contribution in [0.25, 0.3) is 0 Å². The van der Waals surface area contributed by atoms with Gasteiger partial charge in [-0.05, 0) is 41.8 Å². The van der Waals surface area contributed by atoms with Gasteiger partial charge in [0.05, 0.1) is 26.4 Å². The van der Waals surface area contributed by atoms with Crippen LogP contribution in [0.3, 0.4) is 0 Å². The summed E-state index contributed by atoms with van der Waals surface area (Å²) < 4.78 is 21.5. The third kappa shape index (κ3) is 5.94. The molecule has 0 spiro atoms. The molecular formula is C24H29N3O6. The van der Waals surface area contributed by atoms with E-state index in [9.17, 15) is 9.59 Å². The van der Waals surface area contributed by atoms with Gasteiger partial charge >= 0.3 is 11.8 Å². The van der Waals surface area contributed by atoms with Crippen LogP contribution >= 0.6 is 0 Å². The Bertz CT molecular complexity index is 959. The van der Waals surface area contributed by atoms with Gasteiger partial charge in [0.25, 0.3) is 0 Å². The van der Waals surface area contributed by atoms with Gasteiger partial charge in [0.1, 0.15) is 5.75 Å². The molecular weight excluding hydrogens is 426 g/mol. The highest BCUT2D eigenvalue weighted by atomic mass is 16.7. The molecule has 2 heterocycles. The van der Waals surface area contributed by atoms with Crippen LogP contribution in [-0.2, 0) is 20.7 Å². The topological polar surface area (TPSA) is 98.4 Å². The zero-order chi connectivity index (χ0) is 23.0. The Morgan fingerprint density at radius 1 is 1.00 bits per heavy atom. The predicted octanol–water partition coefficient (Wildman–Crippen LogP) is 1.27. The molecule has 0 unspecified atom stereocenters. The van der Waals surface area contributed by atoms with Crippen LogP contribution in [0.15, 0.2) is 42.5 Å². The lowest BCUT2D eigenvalue weighted by Crippen LogP contribution is -2.47. The maximum absolute atomic E-state index is 12.4. The zero-order valence-corrected chi connectivity index (χ0v) is 18.7. The Labute approximate surface area is 192 Å². The molecule has 0 bridgehead atoms. The number of hydrogen-bond donors (Lipinski definition) is 2. The number of morpholine rings is 1. The van der Waals surface area contributed by atoms with Crippen molar-refractivity contribution < 1.29 is 28.5 Å². The molecule has 4 rings (SSSR count). The summed E-state index contributed by atoms with van der Waals surface area (Å²) in [6.07, 6.45) is 0.622. The minimum atomic E-state index is -0.649. The summed E-state index contributed by atoms with van der Waals surface area (Å²) in [5, 5.41) is 5.47. The van der Waals surface area contributed by atoms with Gasteiger partial charge in [-0.2, -0.15) is 0 Å². The first-order valence-corrected chi connectivity index (χ1v) is 11.0. The average molecular weight is 456 g/mol. The van der Waals surface area contributed by atoms with E-state index in [0.717, 1.165) is 30.0 Å². The highest BCUT2D eigenvalue weighted by Crippen LogP contribution is 2.35.